The second-order valence-electron chi connectivity index (χ2n) is 8.05. The van der Waals surface area contributed by atoms with Gasteiger partial charge in [0, 0.05) is 11.1 Å². The minimum absolute atomic E-state index is 0.0612. The first-order valence-electron chi connectivity index (χ1n) is 9.82. The third-order valence-corrected chi connectivity index (χ3v) is 5.32. The molecule has 0 saturated carbocycles. The van der Waals surface area contributed by atoms with Crippen molar-refractivity contribution in [2.75, 3.05) is 5.32 Å². The fourth-order valence-corrected chi connectivity index (χ4v) is 3.13. The summed E-state index contributed by atoms with van der Waals surface area (Å²) in [6, 6.07) is 1.86. The predicted molar refractivity (Wildman–Crippen MR) is 107 cm³/mol. The van der Waals surface area contributed by atoms with Crippen molar-refractivity contribution >= 4 is 11.6 Å². The Morgan fingerprint density at radius 1 is 1.00 bits per heavy atom. The van der Waals surface area contributed by atoms with Crippen molar-refractivity contribution < 1.29 is 9.90 Å². The van der Waals surface area contributed by atoms with Crippen molar-refractivity contribution in [3.63, 3.8) is 0 Å². The van der Waals surface area contributed by atoms with Crippen LogP contribution in [0.15, 0.2) is 6.07 Å². The van der Waals surface area contributed by atoms with Gasteiger partial charge >= 0.3 is 0 Å². The number of aryl methyl sites for hydroxylation is 1. The molecule has 0 unspecified atom stereocenters. The predicted octanol–water partition coefficient (Wildman–Crippen LogP) is 6.42. The lowest BCUT2D eigenvalue weighted by Crippen LogP contribution is -2.31. The van der Waals surface area contributed by atoms with E-state index in [1.54, 1.807) is 0 Å². The molecule has 142 valence electrons. The van der Waals surface area contributed by atoms with Crippen LogP contribution in [-0.2, 0) is 4.79 Å². The molecule has 0 aliphatic heterocycles. The maximum Gasteiger partial charge on any atom is 0.230 e. The maximum atomic E-state index is 12.7. The number of aromatic hydroxyl groups is 1. The highest BCUT2D eigenvalue weighted by Gasteiger charge is 2.27. The fourth-order valence-electron chi connectivity index (χ4n) is 3.13. The molecule has 0 aliphatic carbocycles. The number of phenolic OH excluding ortho intramolecular Hbond substituents is 1. The number of anilines is 1. The number of carbonyl (C=O) groups is 1. The van der Waals surface area contributed by atoms with E-state index in [9.17, 15) is 9.90 Å². The number of hydrogen-bond acceptors (Lipinski definition) is 2. The van der Waals surface area contributed by atoms with Gasteiger partial charge in [-0.1, -0.05) is 65.7 Å². The summed E-state index contributed by atoms with van der Waals surface area (Å²) in [7, 11) is 0. The van der Waals surface area contributed by atoms with Gasteiger partial charge in [-0.3, -0.25) is 4.79 Å². The van der Waals surface area contributed by atoms with E-state index in [0.29, 0.717) is 5.75 Å². The number of amides is 1. The van der Waals surface area contributed by atoms with Gasteiger partial charge in [0.05, 0.1) is 0 Å². The largest absolute Gasteiger partial charge is 0.507 e. The molecule has 0 radical (unpaired) electrons. The molecular weight excluding hydrogens is 310 g/mol. The molecule has 0 bridgehead atoms. The lowest BCUT2D eigenvalue weighted by atomic mass is 9.85. The van der Waals surface area contributed by atoms with Crippen LogP contribution in [0.3, 0.4) is 0 Å². The zero-order valence-corrected chi connectivity index (χ0v) is 17.1. The molecule has 1 aromatic rings. The van der Waals surface area contributed by atoms with Gasteiger partial charge in [-0.15, -0.1) is 0 Å². The Bertz CT molecular complexity index is 576. The smallest absolute Gasteiger partial charge is 0.230 e. The number of unbranched alkanes of at least 4 members (excludes halogenated alkanes) is 6. The summed E-state index contributed by atoms with van der Waals surface area (Å²) in [6.45, 7) is 12.0. The molecule has 1 aromatic carbocycles. The van der Waals surface area contributed by atoms with Gasteiger partial charge < -0.3 is 10.4 Å². The van der Waals surface area contributed by atoms with Crippen LogP contribution >= 0.6 is 0 Å². The zero-order chi connectivity index (χ0) is 19.0. The molecule has 2 N–H and O–H groups in total. The minimum atomic E-state index is -0.379. The van der Waals surface area contributed by atoms with Crippen molar-refractivity contribution in [1.29, 1.82) is 0 Å². The molecule has 0 fully saturated rings. The second-order valence-corrected chi connectivity index (χ2v) is 8.05. The first-order valence-corrected chi connectivity index (χ1v) is 9.82. The topological polar surface area (TPSA) is 49.3 Å². The number of benzene rings is 1. The van der Waals surface area contributed by atoms with Crippen molar-refractivity contribution in [3.8, 4) is 5.75 Å². The van der Waals surface area contributed by atoms with Crippen molar-refractivity contribution in [1.82, 2.24) is 0 Å². The van der Waals surface area contributed by atoms with Crippen LogP contribution in [-0.4, -0.2) is 11.0 Å². The van der Waals surface area contributed by atoms with E-state index in [0.717, 1.165) is 35.2 Å². The van der Waals surface area contributed by atoms with Crippen LogP contribution in [0.1, 0.15) is 88.8 Å². The number of nitrogens with one attached hydrogen (secondary N) is 1. The normalized spacial score (nSPS) is 11.6. The van der Waals surface area contributed by atoms with Crippen LogP contribution in [0, 0.1) is 26.2 Å². The van der Waals surface area contributed by atoms with Gasteiger partial charge in [-0.05, 0) is 49.9 Å². The van der Waals surface area contributed by atoms with E-state index in [1.807, 2.05) is 40.7 Å². The van der Waals surface area contributed by atoms with Crippen LogP contribution in [0.5, 0.6) is 5.75 Å². The molecule has 3 nitrogen and oxygen atoms in total. The summed E-state index contributed by atoms with van der Waals surface area (Å²) in [5.74, 6) is 0.379. The fraction of sp³-hybridized carbons (Fsp3) is 0.682. The summed E-state index contributed by atoms with van der Waals surface area (Å²) in [4.78, 5) is 12.7. The lowest BCUT2D eigenvalue weighted by molar-refractivity contribution is -0.124. The first-order chi connectivity index (χ1) is 11.7. The number of carbonyl (C=O) groups excluding carboxylic acids is 1. The Hall–Kier alpha value is -1.51. The van der Waals surface area contributed by atoms with E-state index in [4.69, 9.17) is 0 Å². The van der Waals surface area contributed by atoms with E-state index in [1.165, 1.54) is 38.5 Å². The first kappa shape index (κ1) is 21.5. The summed E-state index contributed by atoms with van der Waals surface area (Å²) in [5, 5.41) is 13.1. The number of hydrogen-bond donors (Lipinski definition) is 2. The third kappa shape index (κ3) is 6.37. The van der Waals surface area contributed by atoms with E-state index < -0.39 is 0 Å². The Morgan fingerprint density at radius 3 is 2.16 bits per heavy atom. The molecule has 0 heterocycles. The molecule has 25 heavy (non-hydrogen) atoms. The zero-order valence-electron chi connectivity index (χ0n) is 17.1. The van der Waals surface area contributed by atoms with Crippen LogP contribution in [0.25, 0.3) is 0 Å². The van der Waals surface area contributed by atoms with Crippen molar-refractivity contribution in [2.24, 2.45) is 5.41 Å². The molecule has 0 aliphatic rings. The lowest BCUT2D eigenvalue weighted by Gasteiger charge is -2.25. The van der Waals surface area contributed by atoms with E-state index >= 15 is 0 Å². The molecule has 0 atom stereocenters. The van der Waals surface area contributed by atoms with Gasteiger partial charge in [-0.25, -0.2) is 0 Å². The van der Waals surface area contributed by atoms with E-state index in [-0.39, 0.29) is 11.3 Å². The molecule has 0 saturated heterocycles. The molecule has 0 spiro atoms. The van der Waals surface area contributed by atoms with Gasteiger partial charge in [0.1, 0.15) is 5.75 Å². The average molecular weight is 348 g/mol. The summed E-state index contributed by atoms with van der Waals surface area (Å²) in [6.07, 6.45) is 9.73. The molecule has 1 amide bonds. The summed E-state index contributed by atoms with van der Waals surface area (Å²) in [5.41, 5.74) is 2.99. The standard InChI is InChI=1S/C22H37NO2/c1-7-8-9-10-11-12-13-14-22(5,6)21(25)23-19-15-16(2)20(24)18(4)17(19)3/h15,24H,7-14H2,1-6H3,(H,23,25). The Morgan fingerprint density at radius 2 is 1.56 bits per heavy atom. The van der Waals surface area contributed by atoms with Crippen LogP contribution < -0.4 is 5.32 Å². The highest BCUT2D eigenvalue weighted by molar-refractivity contribution is 5.95. The summed E-state index contributed by atoms with van der Waals surface area (Å²) < 4.78 is 0. The Balaban J connectivity index is 2.55. The molecule has 1 rings (SSSR count). The second kappa shape index (κ2) is 9.84. The quantitative estimate of drug-likeness (QED) is 0.379. The SMILES string of the molecule is CCCCCCCCCC(C)(C)C(=O)Nc1cc(C)c(O)c(C)c1C. The molecule has 3 heteroatoms. The maximum absolute atomic E-state index is 12.7. The van der Waals surface area contributed by atoms with Crippen molar-refractivity contribution in [2.45, 2.75) is 92.9 Å². The van der Waals surface area contributed by atoms with Gasteiger partial charge in [0.25, 0.3) is 0 Å². The Labute approximate surface area is 154 Å². The number of rotatable bonds is 10. The molecule has 0 aromatic heterocycles. The number of phenols is 1. The molecular formula is C22H37NO2. The van der Waals surface area contributed by atoms with Crippen LogP contribution in [0.4, 0.5) is 5.69 Å². The van der Waals surface area contributed by atoms with Crippen LogP contribution in [0.2, 0.25) is 0 Å². The monoisotopic (exact) mass is 347 g/mol. The summed E-state index contributed by atoms with van der Waals surface area (Å²) >= 11 is 0. The minimum Gasteiger partial charge on any atom is -0.507 e. The third-order valence-electron chi connectivity index (χ3n) is 5.32. The van der Waals surface area contributed by atoms with Gasteiger partial charge in [-0.2, -0.15) is 0 Å². The highest BCUT2D eigenvalue weighted by Crippen LogP contribution is 2.32. The van der Waals surface area contributed by atoms with Gasteiger partial charge in [0.2, 0.25) is 5.91 Å². The highest BCUT2D eigenvalue weighted by atomic mass is 16.3. The van der Waals surface area contributed by atoms with Crippen molar-refractivity contribution in [3.05, 3.63) is 22.8 Å². The van der Waals surface area contributed by atoms with E-state index in [2.05, 4.69) is 12.2 Å². The average Bonchev–Trinajstić information content (AvgIpc) is 2.56. The van der Waals surface area contributed by atoms with Gasteiger partial charge in [0.15, 0.2) is 0 Å². The Kier molecular flexibility index (Phi) is 8.47.